The largest absolute Gasteiger partial charge is 0.486 e. The Morgan fingerprint density at radius 3 is 2.39 bits per heavy atom. The molecular weight excluding hydrogens is 392 g/mol. The number of carbonyl (C=O) groups excluding carboxylic acids is 2. The summed E-state index contributed by atoms with van der Waals surface area (Å²) in [5, 5.41) is 7.80. The van der Waals surface area contributed by atoms with E-state index in [-0.39, 0.29) is 24.2 Å². The zero-order valence-corrected chi connectivity index (χ0v) is 17.3. The van der Waals surface area contributed by atoms with E-state index >= 15 is 0 Å². The number of fused-ring (bicyclic) bond motifs is 1. The Hall–Kier alpha value is -4.06. The Morgan fingerprint density at radius 1 is 0.871 bits per heavy atom. The third-order valence-electron chi connectivity index (χ3n) is 4.88. The summed E-state index contributed by atoms with van der Waals surface area (Å²) in [4.78, 5) is 23.9. The van der Waals surface area contributed by atoms with Crippen LogP contribution in [0.2, 0.25) is 0 Å². The number of benzene rings is 3. The molecule has 6 nitrogen and oxygen atoms in total. The van der Waals surface area contributed by atoms with Crippen molar-refractivity contribution in [3.05, 3.63) is 89.9 Å². The first-order chi connectivity index (χ1) is 15.0. The van der Waals surface area contributed by atoms with E-state index in [1.165, 1.54) is 6.92 Å². The average molecular weight is 414 g/mol. The fraction of sp³-hybridized carbons (Fsp3) is 0.120. The van der Waals surface area contributed by atoms with Crippen LogP contribution in [0.4, 0.5) is 11.4 Å². The van der Waals surface area contributed by atoms with Gasteiger partial charge in [-0.25, -0.2) is 0 Å². The molecule has 4 aromatic rings. The lowest BCUT2D eigenvalue weighted by Crippen LogP contribution is -2.13. The molecule has 2 amide bonds. The Balaban J connectivity index is 1.41. The van der Waals surface area contributed by atoms with Gasteiger partial charge in [-0.15, -0.1) is 0 Å². The second-order valence-corrected chi connectivity index (χ2v) is 7.18. The third kappa shape index (κ3) is 4.75. The number of hydrogen-bond acceptors (Lipinski definition) is 4. The minimum Gasteiger partial charge on any atom is -0.486 e. The van der Waals surface area contributed by atoms with Crippen molar-refractivity contribution in [2.24, 2.45) is 0 Å². The van der Waals surface area contributed by atoms with Crippen LogP contribution in [0.5, 0.6) is 5.75 Å². The molecule has 4 rings (SSSR count). The molecular formula is C25H22N2O4. The standard InChI is InChI=1S/C25H22N2O4/c1-16-22(26-17(2)28)8-5-9-23(16)27-25(29)24-13-12-21(31-24)15-30-20-11-10-18-6-3-4-7-19(18)14-20/h3-14H,15H2,1-2H3,(H,26,28)(H,27,29). The molecule has 0 bridgehead atoms. The van der Waals surface area contributed by atoms with E-state index in [1.54, 1.807) is 30.3 Å². The molecule has 0 unspecified atom stereocenters. The molecule has 6 heteroatoms. The van der Waals surface area contributed by atoms with Crippen molar-refractivity contribution in [1.29, 1.82) is 0 Å². The van der Waals surface area contributed by atoms with Crippen LogP contribution in [-0.4, -0.2) is 11.8 Å². The fourth-order valence-corrected chi connectivity index (χ4v) is 3.27. The van der Waals surface area contributed by atoms with Crippen molar-refractivity contribution < 1.29 is 18.7 Å². The highest BCUT2D eigenvalue weighted by atomic mass is 16.5. The molecule has 0 saturated heterocycles. The van der Waals surface area contributed by atoms with Gasteiger partial charge in [0.2, 0.25) is 5.91 Å². The molecule has 0 aliphatic heterocycles. The third-order valence-corrected chi connectivity index (χ3v) is 4.88. The van der Waals surface area contributed by atoms with Gasteiger partial charge in [0.1, 0.15) is 18.1 Å². The van der Waals surface area contributed by atoms with Crippen LogP contribution < -0.4 is 15.4 Å². The lowest BCUT2D eigenvalue weighted by atomic mass is 10.1. The predicted octanol–water partition coefficient (Wildman–Crippen LogP) is 5.53. The zero-order valence-electron chi connectivity index (χ0n) is 17.3. The summed E-state index contributed by atoms with van der Waals surface area (Å²) in [7, 11) is 0. The van der Waals surface area contributed by atoms with Gasteiger partial charge in [0.05, 0.1) is 0 Å². The number of hydrogen-bond donors (Lipinski definition) is 2. The highest BCUT2D eigenvalue weighted by Gasteiger charge is 2.14. The zero-order chi connectivity index (χ0) is 21.8. The summed E-state index contributed by atoms with van der Waals surface area (Å²) >= 11 is 0. The average Bonchev–Trinajstić information content (AvgIpc) is 3.24. The Bertz CT molecular complexity index is 1260. The van der Waals surface area contributed by atoms with Gasteiger partial charge in [-0.3, -0.25) is 9.59 Å². The molecule has 156 valence electrons. The number of carbonyl (C=O) groups is 2. The van der Waals surface area contributed by atoms with Gasteiger partial charge >= 0.3 is 0 Å². The van der Waals surface area contributed by atoms with Crippen molar-refractivity contribution in [1.82, 2.24) is 0 Å². The lowest BCUT2D eigenvalue weighted by molar-refractivity contribution is -0.114. The Labute approximate surface area is 179 Å². The van der Waals surface area contributed by atoms with E-state index in [4.69, 9.17) is 9.15 Å². The highest BCUT2D eigenvalue weighted by Crippen LogP contribution is 2.25. The first-order valence-corrected chi connectivity index (χ1v) is 9.88. The van der Waals surface area contributed by atoms with Gasteiger partial charge in [-0.1, -0.05) is 36.4 Å². The smallest absolute Gasteiger partial charge is 0.291 e. The van der Waals surface area contributed by atoms with E-state index in [0.29, 0.717) is 17.1 Å². The molecule has 3 aromatic carbocycles. The molecule has 0 atom stereocenters. The summed E-state index contributed by atoms with van der Waals surface area (Å²) in [5.41, 5.74) is 2.01. The second-order valence-electron chi connectivity index (χ2n) is 7.18. The van der Waals surface area contributed by atoms with Crippen LogP contribution in [0.3, 0.4) is 0 Å². The van der Waals surface area contributed by atoms with Gasteiger partial charge in [-0.2, -0.15) is 0 Å². The Morgan fingerprint density at radius 2 is 1.61 bits per heavy atom. The quantitative estimate of drug-likeness (QED) is 0.435. The van der Waals surface area contributed by atoms with Crippen molar-refractivity contribution in [3.8, 4) is 5.75 Å². The van der Waals surface area contributed by atoms with Gasteiger partial charge < -0.3 is 19.8 Å². The van der Waals surface area contributed by atoms with Crippen LogP contribution in [0.15, 0.2) is 77.2 Å². The van der Waals surface area contributed by atoms with E-state index in [1.807, 2.05) is 49.4 Å². The van der Waals surface area contributed by atoms with Gasteiger partial charge in [0, 0.05) is 18.3 Å². The van der Waals surface area contributed by atoms with E-state index < -0.39 is 0 Å². The maximum Gasteiger partial charge on any atom is 0.291 e. The predicted molar refractivity (Wildman–Crippen MR) is 120 cm³/mol. The summed E-state index contributed by atoms with van der Waals surface area (Å²) in [6.07, 6.45) is 0. The van der Waals surface area contributed by atoms with Crippen LogP contribution >= 0.6 is 0 Å². The number of rotatable bonds is 6. The monoisotopic (exact) mass is 414 g/mol. The molecule has 1 heterocycles. The molecule has 2 N–H and O–H groups in total. The van der Waals surface area contributed by atoms with Gasteiger partial charge in [0.15, 0.2) is 5.76 Å². The SMILES string of the molecule is CC(=O)Nc1cccc(NC(=O)c2ccc(COc3ccc4ccccc4c3)o2)c1C. The molecule has 0 spiro atoms. The van der Waals surface area contributed by atoms with Crippen LogP contribution in [0.1, 0.15) is 28.8 Å². The molecule has 0 fully saturated rings. The van der Waals surface area contributed by atoms with E-state index in [2.05, 4.69) is 10.6 Å². The number of amides is 2. The topological polar surface area (TPSA) is 80.6 Å². The maximum atomic E-state index is 12.6. The van der Waals surface area contributed by atoms with Crippen molar-refractivity contribution in [3.63, 3.8) is 0 Å². The molecule has 0 radical (unpaired) electrons. The van der Waals surface area contributed by atoms with E-state index in [9.17, 15) is 9.59 Å². The Kier molecular flexibility index (Phi) is 5.71. The second kappa shape index (κ2) is 8.75. The van der Waals surface area contributed by atoms with Gasteiger partial charge in [-0.05, 0) is 59.7 Å². The maximum absolute atomic E-state index is 12.6. The number of ether oxygens (including phenoxy) is 1. The molecule has 1 aromatic heterocycles. The lowest BCUT2D eigenvalue weighted by Gasteiger charge is -2.12. The van der Waals surface area contributed by atoms with Crippen LogP contribution in [0, 0.1) is 6.92 Å². The van der Waals surface area contributed by atoms with Crippen molar-refractivity contribution in [2.75, 3.05) is 10.6 Å². The minimum absolute atomic E-state index is 0.173. The van der Waals surface area contributed by atoms with Crippen molar-refractivity contribution >= 4 is 34.0 Å². The molecule has 0 aliphatic carbocycles. The van der Waals surface area contributed by atoms with Crippen LogP contribution in [0.25, 0.3) is 10.8 Å². The van der Waals surface area contributed by atoms with E-state index in [0.717, 1.165) is 22.1 Å². The van der Waals surface area contributed by atoms with Crippen LogP contribution in [-0.2, 0) is 11.4 Å². The number of furan rings is 1. The fourth-order valence-electron chi connectivity index (χ4n) is 3.27. The number of anilines is 2. The summed E-state index contributed by atoms with van der Waals surface area (Å²) < 4.78 is 11.5. The van der Waals surface area contributed by atoms with Crippen molar-refractivity contribution in [2.45, 2.75) is 20.5 Å². The molecule has 31 heavy (non-hydrogen) atoms. The number of nitrogens with one attached hydrogen (secondary N) is 2. The normalized spacial score (nSPS) is 10.6. The minimum atomic E-state index is -0.375. The molecule has 0 aliphatic rings. The first kappa shape index (κ1) is 20.2. The van der Waals surface area contributed by atoms with Gasteiger partial charge in [0.25, 0.3) is 5.91 Å². The molecule has 0 saturated carbocycles. The summed E-state index contributed by atoms with van der Waals surface area (Å²) in [6.45, 7) is 3.48. The first-order valence-electron chi connectivity index (χ1n) is 9.88. The highest BCUT2D eigenvalue weighted by molar-refractivity contribution is 6.03. The summed E-state index contributed by atoms with van der Waals surface area (Å²) in [6, 6.07) is 22.6. The summed E-state index contributed by atoms with van der Waals surface area (Å²) in [5.74, 6) is 0.906.